The number of imide groups is 1. The number of nitrogens with zero attached hydrogens (tertiary/aromatic N) is 2. The van der Waals surface area contributed by atoms with Crippen LogP contribution in [0, 0.1) is 0 Å². The van der Waals surface area contributed by atoms with Gasteiger partial charge >= 0.3 is 6.03 Å². The van der Waals surface area contributed by atoms with E-state index in [0.29, 0.717) is 19.4 Å². The van der Waals surface area contributed by atoms with Gasteiger partial charge in [-0.25, -0.2) is 4.79 Å². The molecule has 0 aliphatic carbocycles. The summed E-state index contributed by atoms with van der Waals surface area (Å²) in [4.78, 5) is 39.3. The number of anilines is 1. The second-order valence-corrected chi connectivity index (χ2v) is 7.23. The highest BCUT2D eigenvalue weighted by Crippen LogP contribution is 2.17. The number of hydrogen-bond donors (Lipinski definition) is 2. The molecule has 1 fully saturated rings. The molecular formula is C20H30N4O3. The van der Waals surface area contributed by atoms with Gasteiger partial charge in [0.2, 0.25) is 5.91 Å². The van der Waals surface area contributed by atoms with Gasteiger partial charge in [-0.3, -0.25) is 14.5 Å². The van der Waals surface area contributed by atoms with Gasteiger partial charge in [0, 0.05) is 38.3 Å². The molecule has 0 spiro atoms. The molecule has 4 amide bonds. The third-order valence-corrected chi connectivity index (χ3v) is 4.66. The molecule has 1 aromatic rings. The van der Waals surface area contributed by atoms with E-state index in [9.17, 15) is 14.4 Å². The van der Waals surface area contributed by atoms with E-state index in [-0.39, 0.29) is 24.4 Å². The second kappa shape index (κ2) is 9.39. The van der Waals surface area contributed by atoms with Crippen LogP contribution in [-0.4, -0.2) is 54.5 Å². The number of carbonyl (C=O) groups is 3. The number of nitrogens with one attached hydrogen (secondary N) is 2. The van der Waals surface area contributed by atoms with Crippen LogP contribution >= 0.6 is 0 Å². The molecule has 2 N–H and O–H groups in total. The van der Waals surface area contributed by atoms with E-state index in [2.05, 4.69) is 34.6 Å². The zero-order valence-corrected chi connectivity index (χ0v) is 16.5. The molecule has 1 aliphatic rings. The summed E-state index contributed by atoms with van der Waals surface area (Å²) in [6.07, 6.45) is 1.62. The van der Waals surface area contributed by atoms with Crippen LogP contribution in [0.2, 0.25) is 0 Å². The zero-order valence-electron chi connectivity index (χ0n) is 16.5. The number of carbonyl (C=O) groups excluding carboxylic acids is 3. The van der Waals surface area contributed by atoms with Crippen LogP contribution in [-0.2, 0) is 9.59 Å². The first kappa shape index (κ1) is 20.7. The number of benzene rings is 1. The van der Waals surface area contributed by atoms with Crippen molar-refractivity contribution < 1.29 is 14.4 Å². The first-order chi connectivity index (χ1) is 12.8. The van der Waals surface area contributed by atoms with Gasteiger partial charge < -0.3 is 15.5 Å². The smallest absolute Gasteiger partial charge is 0.325 e. The maximum Gasteiger partial charge on any atom is 0.325 e. The molecule has 0 saturated carbocycles. The van der Waals surface area contributed by atoms with E-state index in [0.717, 1.165) is 19.5 Å². The molecule has 0 radical (unpaired) electrons. The topological polar surface area (TPSA) is 81.8 Å². The molecule has 2 rings (SSSR count). The third kappa shape index (κ3) is 5.70. The van der Waals surface area contributed by atoms with Crippen LogP contribution in [0.5, 0.6) is 0 Å². The molecule has 0 atom stereocenters. The van der Waals surface area contributed by atoms with Gasteiger partial charge in [-0.05, 0) is 45.7 Å². The summed E-state index contributed by atoms with van der Waals surface area (Å²) >= 11 is 0. The fourth-order valence-electron chi connectivity index (χ4n) is 3.11. The van der Waals surface area contributed by atoms with Gasteiger partial charge in [-0.15, -0.1) is 0 Å². The van der Waals surface area contributed by atoms with Gasteiger partial charge in [-0.2, -0.15) is 0 Å². The SMILES string of the molecule is CCN(CCCNC(=O)CCCN1C(=O)NC(C)(C)C1=O)c1ccccc1. The van der Waals surface area contributed by atoms with E-state index in [1.54, 1.807) is 13.8 Å². The summed E-state index contributed by atoms with van der Waals surface area (Å²) in [6, 6.07) is 9.82. The van der Waals surface area contributed by atoms with Gasteiger partial charge in [0.25, 0.3) is 5.91 Å². The van der Waals surface area contributed by atoms with Crippen molar-refractivity contribution in [1.82, 2.24) is 15.5 Å². The van der Waals surface area contributed by atoms with E-state index in [1.807, 2.05) is 18.2 Å². The molecule has 1 aromatic carbocycles. The number of para-hydroxylation sites is 1. The predicted octanol–water partition coefficient (Wildman–Crippen LogP) is 2.13. The van der Waals surface area contributed by atoms with Crippen molar-refractivity contribution >= 4 is 23.5 Å². The number of amides is 4. The molecule has 1 saturated heterocycles. The van der Waals surface area contributed by atoms with Crippen LogP contribution < -0.4 is 15.5 Å². The summed E-state index contributed by atoms with van der Waals surface area (Å²) in [5, 5.41) is 5.54. The van der Waals surface area contributed by atoms with Crippen molar-refractivity contribution in [1.29, 1.82) is 0 Å². The van der Waals surface area contributed by atoms with Crippen LogP contribution in [0.25, 0.3) is 0 Å². The third-order valence-electron chi connectivity index (χ3n) is 4.66. The average Bonchev–Trinajstić information content (AvgIpc) is 2.84. The summed E-state index contributed by atoms with van der Waals surface area (Å²) in [6.45, 7) is 8.13. The van der Waals surface area contributed by atoms with Crippen LogP contribution in [0.4, 0.5) is 10.5 Å². The molecule has 0 unspecified atom stereocenters. The Morgan fingerprint density at radius 2 is 1.89 bits per heavy atom. The van der Waals surface area contributed by atoms with E-state index in [1.165, 1.54) is 10.6 Å². The standard InChI is InChI=1S/C20H30N4O3/c1-4-23(16-10-6-5-7-11-16)14-9-13-21-17(25)12-8-15-24-18(26)20(2,3)22-19(24)27/h5-7,10-11H,4,8-9,12-15H2,1-3H3,(H,21,25)(H,22,27). The summed E-state index contributed by atoms with van der Waals surface area (Å²) in [5.41, 5.74) is 0.325. The molecule has 27 heavy (non-hydrogen) atoms. The van der Waals surface area contributed by atoms with Crippen LogP contribution in [0.3, 0.4) is 0 Å². The van der Waals surface area contributed by atoms with Gasteiger partial charge in [-0.1, -0.05) is 18.2 Å². The molecule has 0 bridgehead atoms. The molecular weight excluding hydrogens is 344 g/mol. The van der Waals surface area contributed by atoms with Crippen molar-refractivity contribution in [3.05, 3.63) is 30.3 Å². The fourth-order valence-corrected chi connectivity index (χ4v) is 3.11. The lowest BCUT2D eigenvalue weighted by Crippen LogP contribution is -2.40. The molecule has 1 aliphatic heterocycles. The zero-order chi connectivity index (χ0) is 19.9. The number of urea groups is 1. The van der Waals surface area contributed by atoms with Crippen LogP contribution in [0.1, 0.15) is 40.0 Å². The Morgan fingerprint density at radius 1 is 1.19 bits per heavy atom. The first-order valence-corrected chi connectivity index (χ1v) is 9.56. The second-order valence-electron chi connectivity index (χ2n) is 7.23. The summed E-state index contributed by atoms with van der Waals surface area (Å²) in [7, 11) is 0. The highest BCUT2D eigenvalue weighted by Gasteiger charge is 2.43. The normalized spacial score (nSPS) is 15.6. The van der Waals surface area contributed by atoms with Crippen molar-refractivity contribution in [3.8, 4) is 0 Å². The Bertz CT molecular complexity index is 660. The number of hydrogen-bond acceptors (Lipinski definition) is 4. The Balaban J connectivity index is 1.63. The quantitative estimate of drug-likeness (QED) is 0.486. The minimum Gasteiger partial charge on any atom is -0.372 e. The van der Waals surface area contributed by atoms with E-state index < -0.39 is 5.54 Å². The molecule has 1 heterocycles. The Kier molecular flexibility index (Phi) is 7.21. The Morgan fingerprint density at radius 3 is 2.48 bits per heavy atom. The molecule has 0 aromatic heterocycles. The molecule has 148 valence electrons. The van der Waals surface area contributed by atoms with Crippen molar-refractivity contribution in [2.24, 2.45) is 0 Å². The van der Waals surface area contributed by atoms with Crippen molar-refractivity contribution in [2.75, 3.05) is 31.1 Å². The minimum absolute atomic E-state index is 0.0518. The highest BCUT2D eigenvalue weighted by molar-refractivity contribution is 6.06. The summed E-state index contributed by atoms with van der Waals surface area (Å²) in [5.74, 6) is -0.294. The van der Waals surface area contributed by atoms with Gasteiger partial charge in [0.05, 0.1) is 0 Å². The minimum atomic E-state index is -0.858. The van der Waals surface area contributed by atoms with Crippen LogP contribution in [0.15, 0.2) is 30.3 Å². The Labute approximate surface area is 161 Å². The lowest BCUT2D eigenvalue weighted by Gasteiger charge is -2.23. The highest BCUT2D eigenvalue weighted by atomic mass is 16.2. The first-order valence-electron chi connectivity index (χ1n) is 9.56. The predicted molar refractivity (Wildman–Crippen MR) is 106 cm³/mol. The van der Waals surface area contributed by atoms with E-state index in [4.69, 9.17) is 0 Å². The van der Waals surface area contributed by atoms with Crippen molar-refractivity contribution in [3.63, 3.8) is 0 Å². The lowest BCUT2D eigenvalue weighted by atomic mass is 10.1. The van der Waals surface area contributed by atoms with Gasteiger partial charge in [0.15, 0.2) is 0 Å². The van der Waals surface area contributed by atoms with Crippen molar-refractivity contribution in [2.45, 2.75) is 45.6 Å². The molecule has 7 heteroatoms. The van der Waals surface area contributed by atoms with Gasteiger partial charge in [0.1, 0.15) is 5.54 Å². The maximum absolute atomic E-state index is 12.1. The van der Waals surface area contributed by atoms with E-state index >= 15 is 0 Å². The summed E-state index contributed by atoms with van der Waals surface area (Å²) < 4.78 is 0. The number of rotatable bonds is 10. The fraction of sp³-hybridized carbons (Fsp3) is 0.550. The Hall–Kier alpha value is -2.57. The maximum atomic E-state index is 12.1. The monoisotopic (exact) mass is 374 g/mol. The average molecular weight is 374 g/mol. The molecule has 7 nitrogen and oxygen atoms in total. The largest absolute Gasteiger partial charge is 0.372 e. The lowest BCUT2D eigenvalue weighted by molar-refractivity contribution is -0.130.